The summed E-state index contributed by atoms with van der Waals surface area (Å²) in [5.74, 6) is -0.413. The van der Waals surface area contributed by atoms with Crippen LogP contribution in [-0.2, 0) is 11.2 Å². The number of urea groups is 1. The zero-order valence-electron chi connectivity index (χ0n) is 19.9. The highest BCUT2D eigenvalue weighted by atomic mass is 35.5. The number of carbonyl (C=O) groups excluding carboxylic acids is 2. The number of aromatic nitrogens is 1. The normalized spacial score (nSPS) is 13.2. The molecule has 2 atom stereocenters. The maximum absolute atomic E-state index is 12.7. The molecule has 8 heteroatoms. The second kappa shape index (κ2) is 12.0. The van der Waals surface area contributed by atoms with Gasteiger partial charge in [0.25, 0.3) is 0 Å². The minimum atomic E-state index is -0.505. The standard InChI is InChI=1S/C25H34ClN3O4/c1-6-16(15-30)22(18-8-7-17(20(26)13-18)11-12-25(2,3)4)29-24(32)28-21-10-9-19(14-27-21)23(31)33-5/h7-10,13-14,16,22,30H,6,11-12,15H2,1-5H3,(H2,27,28,29,32)/t16-,22?/m0/s1. The summed E-state index contributed by atoms with van der Waals surface area (Å²) in [4.78, 5) is 28.3. The van der Waals surface area contributed by atoms with Crippen LogP contribution in [0.4, 0.5) is 10.6 Å². The largest absolute Gasteiger partial charge is 0.465 e. The Morgan fingerprint density at radius 3 is 2.45 bits per heavy atom. The second-order valence-corrected chi connectivity index (χ2v) is 9.67. The van der Waals surface area contributed by atoms with Gasteiger partial charge in [-0.2, -0.15) is 0 Å². The lowest BCUT2D eigenvalue weighted by Crippen LogP contribution is -2.37. The molecule has 2 amide bonds. The summed E-state index contributed by atoms with van der Waals surface area (Å²) in [6.07, 6.45) is 3.87. The number of aliphatic hydroxyl groups is 1. The first kappa shape index (κ1) is 26.6. The van der Waals surface area contributed by atoms with Gasteiger partial charge in [-0.15, -0.1) is 0 Å². The van der Waals surface area contributed by atoms with E-state index in [2.05, 4.69) is 41.1 Å². The molecular weight excluding hydrogens is 442 g/mol. The first-order valence-corrected chi connectivity index (χ1v) is 11.5. The molecule has 0 fully saturated rings. The minimum Gasteiger partial charge on any atom is -0.465 e. The Bertz CT molecular complexity index is 938. The van der Waals surface area contributed by atoms with E-state index in [1.54, 1.807) is 0 Å². The van der Waals surface area contributed by atoms with Crippen LogP contribution in [0.1, 0.15) is 68.1 Å². The third-order valence-corrected chi connectivity index (χ3v) is 5.88. The van der Waals surface area contributed by atoms with Crippen LogP contribution in [0.5, 0.6) is 0 Å². The van der Waals surface area contributed by atoms with Gasteiger partial charge in [0.1, 0.15) is 5.82 Å². The highest BCUT2D eigenvalue weighted by Gasteiger charge is 2.24. The number of aryl methyl sites for hydroxylation is 1. The fraction of sp³-hybridized carbons (Fsp3) is 0.480. The Labute approximate surface area is 200 Å². The van der Waals surface area contributed by atoms with Crippen LogP contribution in [0.15, 0.2) is 36.5 Å². The Morgan fingerprint density at radius 1 is 1.21 bits per heavy atom. The van der Waals surface area contributed by atoms with Crippen molar-refractivity contribution in [1.29, 1.82) is 0 Å². The van der Waals surface area contributed by atoms with Crippen LogP contribution in [0.3, 0.4) is 0 Å². The summed E-state index contributed by atoms with van der Waals surface area (Å²) in [6.45, 7) is 8.45. The molecule has 0 bridgehead atoms. The average molecular weight is 476 g/mol. The molecule has 0 aliphatic heterocycles. The summed E-state index contributed by atoms with van der Waals surface area (Å²) in [5.41, 5.74) is 2.38. The quantitative estimate of drug-likeness (QED) is 0.422. The molecule has 1 unspecified atom stereocenters. The van der Waals surface area contributed by atoms with Crippen molar-refractivity contribution in [2.75, 3.05) is 19.0 Å². The molecule has 0 radical (unpaired) electrons. The number of rotatable bonds is 9. The molecule has 1 heterocycles. The van der Waals surface area contributed by atoms with E-state index in [1.165, 1.54) is 25.4 Å². The lowest BCUT2D eigenvalue weighted by molar-refractivity contribution is 0.0600. The number of esters is 1. The van der Waals surface area contributed by atoms with E-state index in [4.69, 9.17) is 11.6 Å². The number of nitrogens with zero attached hydrogens (tertiary/aromatic N) is 1. The molecular formula is C25H34ClN3O4. The molecule has 1 aromatic carbocycles. The Kier molecular flexibility index (Phi) is 9.68. The molecule has 0 spiro atoms. The topological polar surface area (TPSA) is 101 Å². The fourth-order valence-electron chi connectivity index (χ4n) is 3.41. The van der Waals surface area contributed by atoms with Crippen LogP contribution >= 0.6 is 11.6 Å². The van der Waals surface area contributed by atoms with Crippen molar-refractivity contribution in [3.63, 3.8) is 0 Å². The van der Waals surface area contributed by atoms with E-state index in [1.807, 2.05) is 25.1 Å². The Hall–Kier alpha value is -2.64. The summed E-state index contributed by atoms with van der Waals surface area (Å²) >= 11 is 6.57. The third-order valence-electron chi connectivity index (χ3n) is 5.52. The number of methoxy groups -OCH3 is 1. The van der Waals surface area contributed by atoms with Gasteiger partial charge in [-0.05, 0) is 54.0 Å². The van der Waals surface area contributed by atoms with Crippen molar-refractivity contribution in [3.8, 4) is 0 Å². The van der Waals surface area contributed by atoms with Crippen LogP contribution in [0, 0.1) is 11.3 Å². The molecule has 2 rings (SSSR count). The predicted octanol–water partition coefficient (Wildman–Crippen LogP) is 5.38. The van der Waals surface area contributed by atoms with Gasteiger partial charge < -0.3 is 15.2 Å². The van der Waals surface area contributed by atoms with Gasteiger partial charge in [0.2, 0.25) is 0 Å². The molecule has 7 nitrogen and oxygen atoms in total. The van der Waals surface area contributed by atoms with Gasteiger partial charge in [-0.1, -0.05) is 51.4 Å². The zero-order chi connectivity index (χ0) is 24.6. The molecule has 2 aromatic rings. The van der Waals surface area contributed by atoms with Crippen molar-refractivity contribution < 1.29 is 19.4 Å². The number of aliphatic hydroxyl groups excluding tert-OH is 1. The number of hydrogen-bond donors (Lipinski definition) is 3. The number of pyridine rings is 1. The van der Waals surface area contributed by atoms with Gasteiger partial charge in [0.05, 0.1) is 18.7 Å². The monoisotopic (exact) mass is 475 g/mol. The number of ether oxygens (including phenoxy) is 1. The number of carbonyl (C=O) groups is 2. The Balaban J connectivity index is 2.17. The van der Waals surface area contributed by atoms with E-state index in [9.17, 15) is 14.7 Å². The van der Waals surface area contributed by atoms with Gasteiger partial charge in [0, 0.05) is 23.7 Å². The van der Waals surface area contributed by atoms with E-state index in [0.717, 1.165) is 24.0 Å². The molecule has 33 heavy (non-hydrogen) atoms. The maximum Gasteiger partial charge on any atom is 0.339 e. The number of halogens is 1. The zero-order valence-corrected chi connectivity index (χ0v) is 20.7. The van der Waals surface area contributed by atoms with Crippen LogP contribution in [0.2, 0.25) is 5.02 Å². The second-order valence-electron chi connectivity index (χ2n) is 9.26. The molecule has 0 saturated carbocycles. The molecule has 0 saturated heterocycles. The number of hydrogen-bond acceptors (Lipinski definition) is 5. The van der Waals surface area contributed by atoms with E-state index in [0.29, 0.717) is 11.4 Å². The Morgan fingerprint density at radius 2 is 1.94 bits per heavy atom. The SMILES string of the molecule is CC[C@@H](CO)C(NC(=O)Nc1ccc(C(=O)OC)cn1)c1ccc(CCC(C)(C)C)c(Cl)c1. The third kappa shape index (κ3) is 8.02. The lowest BCUT2D eigenvalue weighted by Gasteiger charge is -2.27. The average Bonchev–Trinajstić information content (AvgIpc) is 2.77. The lowest BCUT2D eigenvalue weighted by atomic mass is 9.87. The molecule has 180 valence electrons. The first-order chi connectivity index (χ1) is 15.6. The summed E-state index contributed by atoms with van der Waals surface area (Å²) < 4.78 is 4.65. The highest BCUT2D eigenvalue weighted by Crippen LogP contribution is 2.30. The van der Waals surface area contributed by atoms with Gasteiger partial charge in [-0.25, -0.2) is 14.6 Å². The van der Waals surface area contributed by atoms with E-state index >= 15 is 0 Å². The number of nitrogens with one attached hydrogen (secondary N) is 2. The van der Waals surface area contributed by atoms with Crippen molar-refractivity contribution in [2.24, 2.45) is 11.3 Å². The van der Waals surface area contributed by atoms with Gasteiger partial charge in [-0.3, -0.25) is 5.32 Å². The van der Waals surface area contributed by atoms with Crippen molar-refractivity contribution in [3.05, 3.63) is 58.2 Å². The van der Waals surface area contributed by atoms with Crippen LogP contribution < -0.4 is 10.6 Å². The van der Waals surface area contributed by atoms with Crippen molar-refractivity contribution in [2.45, 2.75) is 53.0 Å². The number of amides is 2. The molecule has 0 aliphatic carbocycles. The smallest absolute Gasteiger partial charge is 0.339 e. The van der Waals surface area contributed by atoms with Gasteiger partial charge >= 0.3 is 12.0 Å². The summed E-state index contributed by atoms with van der Waals surface area (Å²) in [5, 5.41) is 16.2. The van der Waals surface area contributed by atoms with Crippen molar-refractivity contribution in [1.82, 2.24) is 10.3 Å². The van der Waals surface area contributed by atoms with Crippen LogP contribution in [0.25, 0.3) is 0 Å². The minimum absolute atomic E-state index is 0.0864. The molecule has 1 aromatic heterocycles. The van der Waals surface area contributed by atoms with E-state index in [-0.39, 0.29) is 29.3 Å². The highest BCUT2D eigenvalue weighted by molar-refractivity contribution is 6.31. The van der Waals surface area contributed by atoms with E-state index < -0.39 is 18.0 Å². The predicted molar refractivity (Wildman–Crippen MR) is 131 cm³/mol. The number of anilines is 1. The first-order valence-electron chi connectivity index (χ1n) is 11.1. The number of benzene rings is 1. The maximum atomic E-state index is 12.7. The van der Waals surface area contributed by atoms with Gasteiger partial charge in [0.15, 0.2) is 0 Å². The van der Waals surface area contributed by atoms with Crippen molar-refractivity contribution >= 4 is 29.4 Å². The fourth-order valence-corrected chi connectivity index (χ4v) is 3.70. The summed E-state index contributed by atoms with van der Waals surface area (Å²) in [6, 6.07) is 7.94. The molecule has 3 N–H and O–H groups in total. The van der Waals surface area contributed by atoms with Crippen LogP contribution in [-0.4, -0.2) is 35.8 Å². The summed E-state index contributed by atoms with van der Waals surface area (Å²) in [7, 11) is 1.29. The molecule has 0 aliphatic rings.